The molecule has 1 aliphatic heterocycles. The van der Waals surface area contributed by atoms with Crippen molar-refractivity contribution in [1.82, 2.24) is 4.90 Å². The molecule has 1 fully saturated rings. The number of carbonyl (C=O) groups excluding carboxylic acids is 1. The highest BCUT2D eigenvalue weighted by Crippen LogP contribution is 2.21. The van der Waals surface area contributed by atoms with E-state index >= 15 is 0 Å². The van der Waals surface area contributed by atoms with E-state index in [9.17, 15) is 9.18 Å². The number of halogens is 1. The molecule has 0 bridgehead atoms. The number of carbonyl (C=O) groups is 1. The van der Waals surface area contributed by atoms with Crippen LogP contribution in [0.25, 0.3) is 0 Å². The largest absolute Gasteiger partial charge is 0.497 e. The quantitative estimate of drug-likeness (QED) is 0.605. The standard InChI is InChI=1S/C21H23FN2O2/c1-16(15-21(25)17-3-5-18(22)6-4-17)23-11-13-24(14-12-23)19-7-9-20(26-2)10-8-19/h3-10,15H,11-14H2,1-2H3/b16-15-. The van der Waals surface area contributed by atoms with Crippen molar-refractivity contribution in [3.8, 4) is 5.75 Å². The minimum atomic E-state index is -0.336. The van der Waals surface area contributed by atoms with Crippen molar-refractivity contribution in [2.24, 2.45) is 0 Å². The van der Waals surface area contributed by atoms with Gasteiger partial charge in [0.2, 0.25) is 0 Å². The molecule has 0 N–H and O–H groups in total. The van der Waals surface area contributed by atoms with Crippen LogP contribution in [0.4, 0.5) is 10.1 Å². The van der Waals surface area contributed by atoms with Crippen molar-refractivity contribution in [2.45, 2.75) is 6.92 Å². The molecule has 0 atom stereocenters. The molecule has 1 aliphatic rings. The van der Waals surface area contributed by atoms with Crippen LogP contribution in [0.1, 0.15) is 17.3 Å². The van der Waals surface area contributed by atoms with Crippen LogP contribution in [0.5, 0.6) is 5.75 Å². The Labute approximate surface area is 153 Å². The zero-order valence-corrected chi connectivity index (χ0v) is 15.1. The molecule has 0 radical (unpaired) electrons. The maximum atomic E-state index is 13.0. The molecule has 3 rings (SSSR count). The van der Waals surface area contributed by atoms with Gasteiger partial charge in [0.15, 0.2) is 5.78 Å². The number of ether oxygens (including phenoxy) is 1. The smallest absolute Gasteiger partial charge is 0.187 e. The van der Waals surface area contributed by atoms with Gasteiger partial charge in [-0.3, -0.25) is 4.79 Å². The van der Waals surface area contributed by atoms with Crippen LogP contribution in [0.3, 0.4) is 0 Å². The Morgan fingerprint density at radius 3 is 2.19 bits per heavy atom. The summed E-state index contributed by atoms with van der Waals surface area (Å²) in [4.78, 5) is 16.8. The lowest BCUT2D eigenvalue weighted by Gasteiger charge is -2.37. The van der Waals surface area contributed by atoms with Gasteiger partial charge in [-0.1, -0.05) is 0 Å². The Kier molecular flexibility index (Phi) is 5.56. The van der Waals surface area contributed by atoms with Crippen LogP contribution in [-0.2, 0) is 0 Å². The highest BCUT2D eigenvalue weighted by atomic mass is 19.1. The highest BCUT2D eigenvalue weighted by molar-refractivity contribution is 6.04. The molecule has 0 amide bonds. The molecular weight excluding hydrogens is 331 g/mol. The second-order valence-corrected chi connectivity index (χ2v) is 6.33. The second-order valence-electron chi connectivity index (χ2n) is 6.33. The summed E-state index contributed by atoms with van der Waals surface area (Å²) in [5, 5.41) is 0. The van der Waals surface area contributed by atoms with Crippen molar-refractivity contribution in [3.05, 3.63) is 71.7 Å². The molecule has 0 saturated carbocycles. The molecule has 2 aromatic rings. The van der Waals surface area contributed by atoms with Gasteiger partial charge in [0.1, 0.15) is 11.6 Å². The molecule has 5 heteroatoms. The normalized spacial score (nSPS) is 15.1. The van der Waals surface area contributed by atoms with Gasteiger partial charge in [0, 0.05) is 49.2 Å². The van der Waals surface area contributed by atoms with E-state index < -0.39 is 0 Å². The number of allylic oxidation sites excluding steroid dienone is 2. The third-order valence-corrected chi connectivity index (χ3v) is 4.68. The van der Waals surface area contributed by atoms with Gasteiger partial charge in [-0.2, -0.15) is 0 Å². The Morgan fingerprint density at radius 2 is 1.62 bits per heavy atom. The summed E-state index contributed by atoms with van der Waals surface area (Å²) < 4.78 is 18.2. The predicted molar refractivity (Wildman–Crippen MR) is 101 cm³/mol. The van der Waals surface area contributed by atoms with Gasteiger partial charge >= 0.3 is 0 Å². The third-order valence-electron chi connectivity index (χ3n) is 4.68. The second kappa shape index (κ2) is 8.04. The first-order chi connectivity index (χ1) is 12.6. The van der Waals surface area contributed by atoms with Gasteiger partial charge < -0.3 is 14.5 Å². The maximum absolute atomic E-state index is 13.0. The number of hydrogen-bond acceptors (Lipinski definition) is 4. The SMILES string of the molecule is COc1ccc(N2CCN(/C(C)=C\C(=O)c3ccc(F)cc3)CC2)cc1. The number of nitrogens with zero attached hydrogens (tertiary/aromatic N) is 2. The van der Waals surface area contributed by atoms with Crippen molar-refractivity contribution in [2.75, 3.05) is 38.2 Å². The zero-order chi connectivity index (χ0) is 18.5. The average molecular weight is 354 g/mol. The number of methoxy groups -OCH3 is 1. The van der Waals surface area contributed by atoms with Gasteiger partial charge in [0.05, 0.1) is 7.11 Å². The molecule has 0 unspecified atom stereocenters. The molecule has 1 saturated heterocycles. The van der Waals surface area contributed by atoms with Crippen LogP contribution in [0.15, 0.2) is 60.3 Å². The molecule has 2 aromatic carbocycles. The molecule has 1 heterocycles. The zero-order valence-electron chi connectivity index (χ0n) is 15.1. The Bertz CT molecular complexity index is 777. The van der Waals surface area contributed by atoms with E-state index in [2.05, 4.69) is 21.9 Å². The molecule has 136 valence electrons. The Hall–Kier alpha value is -2.82. The summed E-state index contributed by atoms with van der Waals surface area (Å²) in [6.45, 7) is 5.44. The Balaban J connectivity index is 1.59. The van der Waals surface area contributed by atoms with E-state index in [-0.39, 0.29) is 11.6 Å². The fourth-order valence-corrected chi connectivity index (χ4v) is 3.09. The molecular formula is C21H23FN2O2. The molecule has 4 nitrogen and oxygen atoms in total. The number of rotatable bonds is 5. The van der Waals surface area contributed by atoms with E-state index in [1.807, 2.05) is 19.1 Å². The van der Waals surface area contributed by atoms with Crippen molar-refractivity contribution in [1.29, 1.82) is 0 Å². The highest BCUT2D eigenvalue weighted by Gasteiger charge is 2.18. The van der Waals surface area contributed by atoms with Gasteiger partial charge in [0.25, 0.3) is 0 Å². The van der Waals surface area contributed by atoms with Crippen LogP contribution in [0, 0.1) is 5.82 Å². The first-order valence-electron chi connectivity index (χ1n) is 8.69. The number of piperazine rings is 1. The van der Waals surface area contributed by atoms with Gasteiger partial charge in [-0.25, -0.2) is 4.39 Å². The van der Waals surface area contributed by atoms with Gasteiger partial charge in [-0.15, -0.1) is 0 Å². The van der Waals surface area contributed by atoms with Crippen molar-refractivity contribution >= 4 is 11.5 Å². The molecule has 0 spiro atoms. The first-order valence-corrected chi connectivity index (χ1v) is 8.69. The monoisotopic (exact) mass is 354 g/mol. The number of benzene rings is 2. The molecule has 0 aromatic heterocycles. The first kappa shape index (κ1) is 18.0. The van der Waals surface area contributed by atoms with E-state index in [0.29, 0.717) is 5.56 Å². The van der Waals surface area contributed by atoms with Crippen LogP contribution < -0.4 is 9.64 Å². The lowest BCUT2D eigenvalue weighted by molar-refractivity contribution is 0.104. The summed E-state index contributed by atoms with van der Waals surface area (Å²) >= 11 is 0. The van der Waals surface area contributed by atoms with E-state index in [1.165, 1.54) is 30.0 Å². The summed E-state index contributed by atoms with van der Waals surface area (Å²) in [5.74, 6) is 0.419. The number of ketones is 1. The predicted octanol–water partition coefficient (Wildman–Crippen LogP) is 3.74. The summed E-state index contributed by atoms with van der Waals surface area (Å²) in [5.41, 5.74) is 2.62. The average Bonchev–Trinajstić information content (AvgIpc) is 2.68. The summed E-state index contributed by atoms with van der Waals surface area (Å²) in [7, 11) is 1.66. The van der Waals surface area contributed by atoms with E-state index in [4.69, 9.17) is 4.74 Å². The van der Waals surface area contributed by atoms with Crippen molar-refractivity contribution in [3.63, 3.8) is 0 Å². The molecule has 26 heavy (non-hydrogen) atoms. The topological polar surface area (TPSA) is 32.8 Å². The van der Waals surface area contributed by atoms with Crippen LogP contribution in [0.2, 0.25) is 0 Å². The minimum Gasteiger partial charge on any atom is -0.497 e. The summed E-state index contributed by atoms with van der Waals surface area (Å²) in [6.07, 6.45) is 1.64. The maximum Gasteiger partial charge on any atom is 0.187 e. The third kappa shape index (κ3) is 4.23. The minimum absolute atomic E-state index is 0.0971. The van der Waals surface area contributed by atoms with Gasteiger partial charge in [-0.05, 0) is 55.5 Å². The fraction of sp³-hybridized carbons (Fsp3) is 0.286. The van der Waals surface area contributed by atoms with Crippen molar-refractivity contribution < 1.29 is 13.9 Å². The number of hydrogen-bond donors (Lipinski definition) is 0. The summed E-state index contributed by atoms with van der Waals surface area (Å²) in [6, 6.07) is 13.7. The lowest BCUT2D eigenvalue weighted by Crippen LogP contribution is -2.45. The van der Waals surface area contributed by atoms with Crippen LogP contribution >= 0.6 is 0 Å². The lowest BCUT2D eigenvalue weighted by atomic mass is 10.1. The molecule has 0 aliphatic carbocycles. The number of anilines is 1. The Morgan fingerprint density at radius 1 is 1.00 bits per heavy atom. The van der Waals surface area contributed by atoms with E-state index in [0.717, 1.165) is 37.6 Å². The van der Waals surface area contributed by atoms with Crippen LogP contribution in [-0.4, -0.2) is 44.0 Å². The fourth-order valence-electron chi connectivity index (χ4n) is 3.09. The van der Waals surface area contributed by atoms with E-state index in [1.54, 1.807) is 13.2 Å².